The summed E-state index contributed by atoms with van der Waals surface area (Å²) in [5.74, 6) is -0.875. The van der Waals surface area contributed by atoms with E-state index in [4.69, 9.17) is 9.29 Å². The smallest absolute Gasteiger partial charge is 0.408 e. The molecule has 0 saturated carbocycles. The molecule has 1 heterocycles. The van der Waals surface area contributed by atoms with Gasteiger partial charge in [-0.25, -0.2) is 9.10 Å². The number of nitrogens with one attached hydrogen (secondary N) is 1. The molecule has 2 N–H and O–H groups in total. The highest BCUT2D eigenvalue weighted by atomic mass is 32.2. The molecule has 0 bridgehead atoms. The molecule has 1 aliphatic rings. The van der Waals surface area contributed by atoms with E-state index in [2.05, 4.69) is 5.32 Å². The van der Waals surface area contributed by atoms with Gasteiger partial charge in [0.2, 0.25) is 0 Å². The van der Waals surface area contributed by atoms with Crippen LogP contribution in [0.25, 0.3) is 0 Å². The van der Waals surface area contributed by atoms with Gasteiger partial charge in [0.15, 0.2) is 0 Å². The number of hydrogen-bond donors (Lipinski definition) is 2. The molecule has 1 saturated heterocycles. The molecule has 1 fully saturated rings. The average Bonchev–Trinajstić information content (AvgIpc) is 2.17. The van der Waals surface area contributed by atoms with Crippen LogP contribution < -0.4 is 5.32 Å². The molecule has 2 amide bonds. The van der Waals surface area contributed by atoms with Gasteiger partial charge in [-0.3, -0.25) is 9.35 Å². The number of hydrogen-bond acceptors (Lipinski definition) is 5. The number of carbonyl (C=O) groups excluding carboxylic acids is 2. The van der Waals surface area contributed by atoms with E-state index in [9.17, 15) is 18.0 Å². The van der Waals surface area contributed by atoms with Crippen molar-refractivity contribution in [2.24, 2.45) is 0 Å². The van der Waals surface area contributed by atoms with Crippen LogP contribution in [-0.4, -0.2) is 47.0 Å². The van der Waals surface area contributed by atoms with Crippen LogP contribution in [-0.2, 0) is 19.8 Å². The van der Waals surface area contributed by atoms with Crippen LogP contribution in [0.5, 0.6) is 0 Å². The molecule has 0 aliphatic carbocycles. The van der Waals surface area contributed by atoms with Crippen molar-refractivity contribution in [1.29, 1.82) is 0 Å². The molecule has 19 heavy (non-hydrogen) atoms. The van der Waals surface area contributed by atoms with Crippen molar-refractivity contribution in [3.8, 4) is 0 Å². The second-order valence-electron chi connectivity index (χ2n) is 5.21. The van der Waals surface area contributed by atoms with Crippen LogP contribution in [0.1, 0.15) is 34.1 Å². The number of β-lactam (4-membered cyclic amide) rings is 1. The third kappa shape index (κ3) is 3.57. The van der Waals surface area contributed by atoms with Crippen molar-refractivity contribution >= 4 is 22.3 Å². The predicted octanol–water partition coefficient (Wildman–Crippen LogP) is 0.303. The number of nitrogens with zero attached hydrogens (tertiary/aromatic N) is 1. The Kier molecular flexibility index (Phi) is 4.11. The molecule has 0 radical (unpaired) electrons. The quantitative estimate of drug-likeness (QED) is 0.572. The van der Waals surface area contributed by atoms with Crippen molar-refractivity contribution < 1.29 is 27.3 Å². The molecule has 8 nitrogen and oxygen atoms in total. The third-order valence-electron chi connectivity index (χ3n) is 2.51. The lowest BCUT2D eigenvalue weighted by molar-refractivity contribution is -0.142. The third-order valence-corrected chi connectivity index (χ3v) is 3.46. The lowest BCUT2D eigenvalue weighted by atomic mass is 9.97. The summed E-state index contributed by atoms with van der Waals surface area (Å²) in [7, 11) is -4.59. The Bertz CT molecular complexity index is 481. The van der Waals surface area contributed by atoms with E-state index in [1.54, 1.807) is 27.7 Å². The van der Waals surface area contributed by atoms with E-state index in [1.165, 1.54) is 0 Å². The fourth-order valence-electron chi connectivity index (χ4n) is 1.80. The van der Waals surface area contributed by atoms with E-state index in [0.717, 1.165) is 0 Å². The Morgan fingerprint density at radius 1 is 1.47 bits per heavy atom. The van der Waals surface area contributed by atoms with Gasteiger partial charge in [-0.05, 0) is 27.2 Å². The van der Waals surface area contributed by atoms with Crippen LogP contribution in [0.3, 0.4) is 0 Å². The van der Waals surface area contributed by atoms with E-state index in [-0.39, 0.29) is 6.42 Å². The monoisotopic (exact) mass is 294 g/mol. The first-order valence-corrected chi connectivity index (χ1v) is 7.17. The minimum absolute atomic E-state index is 0.270. The normalized spacial score (nSPS) is 23.8. The van der Waals surface area contributed by atoms with Crippen molar-refractivity contribution in [2.75, 3.05) is 0 Å². The summed E-state index contributed by atoms with van der Waals surface area (Å²) >= 11 is 0. The summed E-state index contributed by atoms with van der Waals surface area (Å²) < 4.78 is 36.2. The Morgan fingerprint density at radius 3 is 2.37 bits per heavy atom. The van der Waals surface area contributed by atoms with Gasteiger partial charge in [0, 0.05) is 0 Å². The maximum atomic E-state index is 11.6. The van der Waals surface area contributed by atoms with Gasteiger partial charge in [0.25, 0.3) is 5.91 Å². The Morgan fingerprint density at radius 2 is 2.00 bits per heavy atom. The second-order valence-corrected chi connectivity index (χ2v) is 6.50. The molecule has 110 valence electrons. The summed E-state index contributed by atoms with van der Waals surface area (Å²) in [5, 5.41) is 2.30. The van der Waals surface area contributed by atoms with Crippen LogP contribution >= 0.6 is 0 Å². The molecule has 2 unspecified atom stereocenters. The average molecular weight is 294 g/mol. The minimum Gasteiger partial charge on any atom is -0.444 e. The van der Waals surface area contributed by atoms with Crippen LogP contribution in [0.2, 0.25) is 0 Å². The SMILES string of the molecule is CCC1C(NC(=O)OC(C)(C)C)C(=O)N1S(=O)(=O)O. The van der Waals surface area contributed by atoms with Gasteiger partial charge in [-0.15, -0.1) is 0 Å². The molecule has 9 heteroatoms. The van der Waals surface area contributed by atoms with Gasteiger partial charge in [-0.2, -0.15) is 8.42 Å². The zero-order valence-corrected chi connectivity index (χ0v) is 12.0. The predicted molar refractivity (Wildman–Crippen MR) is 65.6 cm³/mol. The topological polar surface area (TPSA) is 113 Å². The van der Waals surface area contributed by atoms with E-state index >= 15 is 0 Å². The summed E-state index contributed by atoms with van der Waals surface area (Å²) in [5.41, 5.74) is -0.721. The molecular formula is C10H18N2O6S. The largest absolute Gasteiger partial charge is 0.444 e. The zero-order valence-electron chi connectivity index (χ0n) is 11.2. The molecule has 0 aromatic carbocycles. The fourth-order valence-corrected chi connectivity index (χ4v) is 2.75. The summed E-state index contributed by atoms with van der Waals surface area (Å²) in [6.45, 7) is 6.63. The maximum Gasteiger partial charge on any atom is 0.408 e. The fraction of sp³-hybridized carbons (Fsp3) is 0.800. The lowest BCUT2D eigenvalue weighted by Gasteiger charge is -2.43. The van der Waals surface area contributed by atoms with E-state index < -0.39 is 40.0 Å². The van der Waals surface area contributed by atoms with Crippen LogP contribution in [0.4, 0.5) is 4.79 Å². The van der Waals surface area contributed by atoms with Crippen molar-refractivity contribution in [1.82, 2.24) is 9.62 Å². The first kappa shape index (κ1) is 15.7. The summed E-state index contributed by atoms with van der Waals surface area (Å²) in [6.07, 6.45) is -0.536. The molecule has 1 rings (SSSR count). The highest BCUT2D eigenvalue weighted by Crippen LogP contribution is 2.26. The molecule has 1 aliphatic heterocycles. The van der Waals surface area contributed by atoms with Crippen molar-refractivity contribution in [3.63, 3.8) is 0 Å². The Hall–Kier alpha value is -1.35. The van der Waals surface area contributed by atoms with Gasteiger partial charge in [-0.1, -0.05) is 6.92 Å². The Balaban J connectivity index is 2.72. The molecule has 0 aromatic rings. The highest BCUT2D eigenvalue weighted by Gasteiger charge is 2.53. The zero-order chi connectivity index (χ0) is 15.0. The molecule has 0 aromatic heterocycles. The van der Waals surface area contributed by atoms with Crippen molar-refractivity contribution in [2.45, 2.75) is 51.8 Å². The first-order valence-electron chi connectivity index (χ1n) is 5.77. The van der Waals surface area contributed by atoms with Crippen molar-refractivity contribution in [3.05, 3.63) is 0 Å². The maximum absolute atomic E-state index is 11.6. The van der Waals surface area contributed by atoms with Gasteiger partial charge < -0.3 is 10.1 Å². The number of amides is 2. The number of alkyl carbamates (subject to hydrolysis) is 1. The minimum atomic E-state index is -4.59. The number of rotatable bonds is 3. The molecular weight excluding hydrogens is 276 g/mol. The number of ether oxygens (including phenoxy) is 1. The van der Waals surface area contributed by atoms with Crippen LogP contribution in [0, 0.1) is 0 Å². The van der Waals surface area contributed by atoms with Gasteiger partial charge >= 0.3 is 16.4 Å². The summed E-state index contributed by atoms with van der Waals surface area (Å²) in [6, 6.07) is -1.79. The van der Waals surface area contributed by atoms with Gasteiger partial charge in [0.05, 0.1) is 6.04 Å². The number of carbonyl (C=O) groups is 2. The molecule has 0 spiro atoms. The standard InChI is InChI=1S/C10H18N2O6S/c1-5-6-7(8(13)12(6)19(15,16)17)11-9(14)18-10(2,3)4/h6-7H,5H2,1-4H3,(H,11,14)(H,15,16,17). The Labute approximate surface area is 112 Å². The summed E-state index contributed by atoms with van der Waals surface area (Å²) in [4.78, 5) is 23.1. The first-order chi connectivity index (χ1) is 8.47. The van der Waals surface area contributed by atoms with Gasteiger partial charge in [0.1, 0.15) is 11.6 Å². The van der Waals surface area contributed by atoms with E-state index in [0.29, 0.717) is 4.31 Å². The second kappa shape index (κ2) is 4.97. The van der Waals surface area contributed by atoms with E-state index in [1.807, 2.05) is 0 Å². The molecule has 2 atom stereocenters. The highest BCUT2D eigenvalue weighted by molar-refractivity contribution is 7.84. The van der Waals surface area contributed by atoms with Crippen LogP contribution in [0.15, 0.2) is 0 Å². The lowest BCUT2D eigenvalue weighted by Crippen LogP contribution is -2.71.